The highest BCUT2D eigenvalue weighted by Crippen LogP contribution is 2.42. The molecule has 0 saturated carbocycles. The fourth-order valence-corrected chi connectivity index (χ4v) is 4.70. The van der Waals surface area contributed by atoms with Crippen molar-refractivity contribution < 1.29 is 23.0 Å². The molecule has 0 aromatic carbocycles. The van der Waals surface area contributed by atoms with Crippen LogP contribution in [0.5, 0.6) is 5.75 Å². The summed E-state index contributed by atoms with van der Waals surface area (Å²) in [4.78, 5) is 13.2. The molecule has 0 spiro atoms. The van der Waals surface area contributed by atoms with E-state index in [-0.39, 0.29) is 30.7 Å². The predicted octanol–water partition coefficient (Wildman–Crippen LogP) is 0.710. The predicted molar refractivity (Wildman–Crippen MR) is 121 cm³/mol. The van der Waals surface area contributed by atoms with Crippen LogP contribution in [0.1, 0.15) is 44.0 Å². The first-order valence-electron chi connectivity index (χ1n) is 10.7. The third-order valence-electron chi connectivity index (χ3n) is 5.62. The molecule has 3 N–H and O–H groups in total. The van der Waals surface area contributed by atoms with Gasteiger partial charge in [-0.3, -0.25) is 4.57 Å². The maximum Gasteiger partial charge on any atom is 0.215 e. The fraction of sp³-hybridized carbons (Fsp3) is 0.476. The Labute approximate surface area is 197 Å². The van der Waals surface area contributed by atoms with Gasteiger partial charge in [0.2, 0.25) is 15.6 Å². The van der Waals surface area contributed by atoms with Gasteiger partial charge in [0.05, 0.1) is 18.8 Å². The van der Waals surface area contributed by atoms with E-state index in [1.807, 2.05) is 6.92 Å². The largest absolute Gasteiger partial charge is 0.489 e. The first kappa shape index (κ1) is 24.1. The number of sulfonamides is 1. The normalized spacial score (nSPS) is 18.4. The Bertz CT molecular complexity index is 1280. The average Bonchev–Trinajstić information content (AvgIpc) is 3.16. The van der Waals surface area contributed by atoms with Crippen LogP contribution in [0.25, 0.3) is 11.5 Å². The number of pyridine rings is 1. The van der Waals surface area contributed by atoms with Gasteiger partial charge in [-0.1, -0.05) is 0 Å². The first-order valence-corrected chi connectivity index (χ1v) is 12.3. The van der Waals surface area contributed by atoms with Crippen LogP contribution in [0.2, 0.25) is 0 Å². The van der Waals surface area contributed by atoms with Crippen molar-refractivity contribution in [3.05, 3.63) is 47.9 Å². The second kappa shape index (κ2) is 8.98. The highest BCUT2D eigenvalue weighted by Gasteiger charge is 2.54. The molecule has 1 aliphatic heterocycles. The number of nitrogens with zero attached hydrogens (tertiary/aromatic N) is 6. The smallest absolute Gasteiger partial charge is 0.215 e. The molecular formula is C21H27N7O5S. The highest BCUT2D eigenvalue weighted by atomic mass is 32.2. The van der Waals surface area contributed by atoms with Crippen LogP contribution in [-0.2, 0) is 20.4 Å². The van der Waals surface area contributed by atoms with Gasteiger partial charge in [0.25, 0.3) is 0 Å². The number of primary sulfonamides is 1. The van der Waals surface area contributed by atoms with Crippen molar-refractivity contribution in [1.82, 2.24) is 29.7 Å². The van der Waals surface area contributed by atoms with Gasteiger partial charge in [-0.2, -0.15) is 0 Å². The molecule has 0 radical (unpaired) electrons. The van der Waals surface area contributed by atoms with Crippen molar-refractivity contribution in [1.29, 1.82) is 0 Å². The molecule has 0 fully saturated rings. The lowest BCUT2D eigenvalue weighted by molar-refractivity contribution is -0.0714. The maximum absolute atomic E-state index is 12.8. The molecular weight excluding hydrogens is 462 g/mol. The van der Waals surface area contributed by atoms with Crippen LogP contribution in [0.4, 0.5) is 0 Å². The van der Waals surface area contributed by atoms with E-state index in [2.05, 4.69) is 25.1 Å². The van der Waals surface area contributed by atoms with E-state index in [0.29, 0.717) is 11.4 Å². The third-order valence-corrected chi connectivity index (χ3v) is 6.94. The molecule has 12 nitrogen and oxygen atoms in total. The summed E-state index contributed by atoms with van der Waals surface area (Å²) in [5.41, 5.74) is -0.693. The number of aliphatic hydroxyl groups excluding tert-OH is 1. The number of ether oxygens (including phenoxy) is 2. The van der Waals surface area contributed by atoms with Crippen molar-refractivity contribution in [2.75, 3.05) is 13.2 Å². The quantitative estimate of drug-likeness (QED) is 0.482. The molecule has 0 saturated heterocycles. The molecule has 4 rings (SSSR count). The van der Waals surface area contributed by atoms with Crippen molar-refractivity contribution in [2.24, 2.45) is 5.14 Å². The number of aliphatic hydroxyl groups is 1. The lowest BCUT2D eigenvalue weighted by Crippen LogP contribution is -2.52. The molecule has 0 amide bonds. The highest BCUT2D eigenvalue weighted by molar-refractivity contribution is 7.89. The summed E-state index contributed by atoms with van der Waals surface area (Å²) in [5.74, 6) is 0.863. The van der Waals surface area contributed by atoms with Gasteiger partial charge < -0.3 is 14.6 Å². The SMILES string of the molecule is Cc1cnc(C(OC(C)C)(c2nnc3n2[C@@H](CO)COc2cccnc2-3)C(C)S(N)(=O)=O)nc1. The topological polar surface area (TPSA) is 168 Å². The molecule has 3 atom stereocenters. The van der Waals surface area contributed by atoms with Crippen LogP contribution in [0, 0.1) is 6.92 Å². The minimum absolute atomic E-state index is 0.0478. The second-order valence-electron chi connectivity index (χ2n) is 8.43. The van der Waals surface area contributed by atoms with Crippen molar-refractivity contribution in [3.63, 3.8) is 0 Å². The van der Waals surface area contributed by atoms with Crippen molar-refractivity contribution in [2.45, 2.75) is 50.7 Å². The van der Waals surface area contributed by atoms with Crippen LogP contribution < -0.4 is 9.88 Å². The number of hydrogen-bond acceptors (Lipinski definition) is 10. The van der Waals surface area contributed by atoms with Gasteiger partial charge in [-0.25, -0.2) is 28.5 Å². The molecule has 0 aliphatic carbocycles. The maximum atomic E-state index is 12.8. The molecule has 4 heterocycles. The molecule has 2 unspecified atom stereocenters. The molecule has 0 bridgehead atoms. The Morgan fingerprint density at radius 1 is 1.26 bits per heavy atom. The molecule has 34 heavy (non-hydrogen) atoms. The summed E-state index contributed by atoms with van der Waals surface area (Å²) < 4.78 is 39.3. The lowest BCUT2D eigenvalue weighted by atomic mass is 9.95. The summed E-state index contributed by atoms with van der Waals surface area (Å²) in [6.07, 6.45) is 4.20. The Balaban J connectivity index is 2.10. The standard InChI is InChI=1S/C21H27N7O5S/c1-12(2)33-21(14(4)34(22,30)31,19-24-8-13(3)9-25-19)20-27-26-18-17-16(6-5-7-23-17)32-11-15(10-29)28(18)20/h5-9,12,14-15,29H,10-11H2,1-4H3,(H2,22,30,31)/t14?,15-,21?/m0/s1. The summed E-state index contributed by atoms with van der Waals surface area (Å²) in [5, 5.41) is 23.2. The second-order valence-corrected chi connectivity index (χ2v) is 10.3. The number of nitrogens with two attached hydrogens (primary N) is 1. The van der Waals surface area contributed by atoms with E-state index < -0.39 is 33.0 Å². The summed E-state index contributed by atoms with van der Waals surface area (Å²) in [6.45, 7) is 6.44. The molecule has 182 valence electrons. The van der Waals surface area contributed by atoms with Crippen LogP contribution >= 0.6 is 0 Å². The Morgan fingerprint density at radius 3 is 2.59 bits per heavy atom. The van der Waals surface area contributed by atoms with Gasteiger partial charge in [0, 0.05) is 18.6 Å². The van der Waals surface area contributed by atoms with Crippen molar-refractivity contribution >= 4 is 10.0 Å². The Kier molecular flexibility index (Phi) is 6.38. The molecule has 3 aromatic rings. The molecule has 1 aliphatic rings. The van der Waals surface area contributed by atoms with Gasteiger partial charge in [-0.15, -0.1) is 10.2 Å². The van der Waals surface area contributed by atoms with E-state index >= 15 is 0 Å². The monoisotopic (exact) mass is 489 g/mol. The number of aryl methyl sites for hydroxylation is 1. The summed E-state index contributed by atoms with van der Waals surface area (Å²) >= 11 is 0. The van der Waals surface area contributed by atoms with Gasteiger partial charge in [0.1, 0.15) is 23.3 Å². The number of fused-ring (bicyclic) bond motifs is 3. The molecule has 3 aromatic heterocycles. The van der Waals surface area contributed by atoms with E-state index in [1.165, 1.54) is 6.92 Å². The Hall–Kier alpha value is -3.00. The van der Waals surface area contributed by atoms with E-state index in [4.69, 9.17) is 14.6 Å². The average molecular weight is 490 g/mol. The summed E-state index contributed by atoms with van der Waals surface area (Å²) in [7, 11) is -4.21. The first-order chi connectivity index (χ1) is 16.1. The van der Waals surface area contributed by atoms with Crippen LogP contribution in [-0.4, -0.2) is 67.8 Å². The van der Waals surface area contributed by atoms with E-state index in [9.17, 15) is 13.5 Å². The van der Waals surface area contributed by atoms with Gasteiger partial charge in [0.15, 0.2) is 17.5 Å². The Morgan fingerprint density at radius 2 is 1.97 bits per heavy atom. The van der Waals surface area contributed by atoms with Gasteiger partial charge in [-0.05, 0) is 45.4 Å². The van der Waals surface area contributed by atoms with Crippen LogP contribution in [0.15, 0.2) is 30.7 Å². The minimum Gasteiger partial charge on any atom is -0.489 e. The van der Waals surface area contributed by atoms with Crippen molar-refractivity contribution in [3.8, 4) is 17.3 Å². The minimum atomic E-state index is -4.21. The lowest BCUT2D eigenvalue weighted by Gasteiger charge is -2.37. The van der Waals surface area contributed by atoms with E-state index in [0.717, 1.165) is 5.56 Å². The summed E-state index contributed by atoms with van der Waals surface area (Å²) in [6, 6.07) is 2.77. The number of hydrogen-bond donors (Lipinski definition) is 2. The fourth-order valence-electron chi connectivity index (χ4n) is 3.97. The third kappa shape index (κ3) is 4.04. The zero-order valence-electron chi connectivity index (χ0n) is 19.3. The van der Waals surface area contributed by atoms with E-state index in [1.54, 1.807) is 49.1 Å². The zero-order valence-corrected chi connectivity index (χ0v) is 20.1. The van der Waals surface area contributed by atoms with Gasteiger partial charge >= 0.3 is 0 Å². The number of rotatable bonds is 7. The van der Waals surface area contributed by atoms with Crippen LogP contribution in [0.3, 0.4) is 0 Å². The zero-order chi connectivity index (χ0) is 24.7. The molecule has 13 heteroatoms. The number of aromatic nitrogens is 6.